The molecule has 0 unspecified atom stereocenters. The van der Waals surface area contributed by atoms with Gasteiger partial charge >= 0.3 is 0 Å². The Labute approximate surface area is 130 Å². The zero-order chi connectivity index (χ0) is 15.2. The molecule has 116 valence electrons. The van der Waals surface area contributed by atoms with E-state index in [9.17, 15) is 4.79 Å². The first-order valence-electron chi connectivity index (χ1n) is 7.06. The zero-order valence-electron chi connectivity index (χ0n) is 12.5. The topological polar surface area (TPSA) is 43.2 Å². The molecule has 1 aliphatic rings. The van der Waals surface area contributed by atoms with Crippen molar-refractivity contribution in [2.24, 2.45) is 0 Å². The lowest BCUT2D eigenvalue weighted by Gasteiger charge is -2.32. The Bertz CT molecular complexity index is 488. The van der Waals surface area contributed by atoms with Gasteiger partial charge in [0.05, 0.1) is 40.4 Å². The normalized spacial score (nSPS) is 15.9. The summed E-state index contributed by atoms with van der Waals surface area (Å²) in [6.45, 7) is 4.35. The largest absolute Gasteiger partial charge is 0.493 e. The molecule has 1 aromatic rings. The number of carbonyl (C=O) groups excluding carboxylic acids is 1. The first-order chi connectivity index (χ1) is 10.2. The maximum absolute atomic E-state index is 11.5. The van der Waals surface area contributed by atoms with Crippen LogP contribution < -0.4 is 14.4 Å². The van der Waals surface area contributed by atoms with Crippen LogP contribution in [0.5, 0.6) is 11.5 Å². The Morgan fingerprint density at radius 2 is 1.90 bits per heavy atom. The molecular weight excluding hydrogens is 292 g/mol. The third kappa shape index (κ3) is 4.02. The molecule has 6 heteroatoms. The highest BCUT2D eigenvalue weighted by molar-refractivity contribution is 6.27. The van der Waals surface area contributed by atoms with Crippen LogP contribution in [0.25, 0.3) is 0 Å². The number of alkyl halides is 1. The predicted octanol–water partition coefficient (Wildman–Crippen LogP) is 0.170. The Kier molecular flexibility index (Phi) is 5.70. The van der Waals surface area contributed by atoms with Crippen molar-refractivity contribution in [3.8, 4) is 11.5 Å². The second kappa shape index (κ2) is 7.52. The number of ether oxygens (including phenoxy) is 2. The summed E-state index contributed by atoms with van der Waals surface area (Å²) in [5.74, 6) is 1.60. The molecule has 1 N–H and O–H groups in total. The van der Waals surface area contributed by atoms with Crippen molar-refractivity contribution < 1.29 is 19.2 Å². The molecule has 0 aromatic heterocycles. The first kappa shape index (κ1) is 15.9. The van der Waals surface area contributed by atoms with E-state index in [0.29, 0.717) is 0 Å². The minimum Gasteiger partial charge on any atom is -0.493 e. The number of rotatable bonds is 5. The molecule has 0 saturated carbocycles. The number of piperazine rings is 1. The van der Waals surface area contributed by atoms with Crippen molar-refractivity contribution in [3.63, 3.8) is 0 Å². The monoisotopic (exact) mass is 313 g/mol. The lowest BCUT2D eigenvalue weighted by molar-refractivity contribution is -0.917. The third-order valence-corrected chi connectivity index (χ3v) is 4.07. The van der Waals surface area contributed by atoms with Crippen molar-refractivity contribution in [2.75, 3.05) is 46.3 Å². The van der Waals surface area contributed by atoms with E-state index in [1.54, 1.807) is 14.2 Å². The highest BCUT2D eigenvalue weighted by Gasteiger charge is 2.23. The fourth-order valence-electron chi connectivity index (χ4n) is 2.61. The summed E-state index contributed by atoms with van der Waals surface area (Å²) in [4.78, 5) is 14.8. The second-order valence-corrected chi connectivity index (χ2v) is 5.40. The molecular formula is C15H22ClN2O3+. The molecule has 0 bridgehead atoms. The van der Waals surface area contributed by atoms with Gasteiger partial charge in [0.2, 0.25) is 5.91 Å². The average Bonchev–Trinajstić information content (AvgIpc) is 2.54. The van der Waals surface area contributed by atoms with Crippen LogP contribution in [0.3, 0.4) is 0 Å². The third-order valence-electron chi connectivity index (χ3n) is 3.84. The summed E-state index contributed by atoms with van der Waals surface area (Å²) < 4.78 is 10.6. The molecule has 1 saturated heterocycles. The number of halogens is 1. The molecule has 2 rings (SSSR count). The Hall–Kier alpha value is -1.46. The zero-order valence-corrected chi connectivity index (χ0v) is 13.3. The Balaban J connectivity index is 1.93. The number of nitrogens with one attached hydrogen (secondary N) is 1. The molecule has 1 aliphatic heterocycles. The summed E-state index contributed by atoms with van der Waals surface area (Å²) in [5.41, 5.74) is 1.21. The highest BCUT2D eigenvalue weighted by atomic mass is 35.5. The average molecular weight is 314 g/mol. The fraction of sp³-hybridized carbons (Fsp3) is 0.533. The number of quaternary nitrogens is 1. The highest BCUT2D eigenvalue weighted by Crippen LogP contribution is 2.27. The molecule has 0 aliphatic carbocycles. The first-order valence-corrected chi connectivity index (χ1v) is 7.59. The smallest absolute Gasteiger partial charge is 0.237 e. The van der Waals surface area contributed by atoms with E-state index in [1.807, 2.05) is 17.0 Å². The van der Waals surface area contributed by atoms with Crippen molar-refractivity contribution in [3.05, 3.63) is 23.8 Å². The van der Waals surface area contributed by atoms with Gasteiger partial charge in [0.25, 0.3) is 0 Å². The predicted molar refractivity (Wildman–Crippen MR) is 81.2 cm³/mol. The van der Waals surface area contributed by atoms with E-state index < -0.39 is 0 Å². The molecule has 0 radical (unpaired) electrons. The lowest BCUT2D eigenvalue weighted by atomic mass is 10.1. The van der Waals surface area contributed by atoms with Gasteiger partial charge in [-0.1, -0.05) is 0 Å². The molecule has 1 aromatic carbocycles. The number of hydrogen-bond donors (Lipinski definition) is 1. The Morgan fingerprint density at radius 3 is 2.48 bits per heavy atom. The number of carbonyl (C=O) groups is 1. The van der Waals surface area contributed by atoms with Crippen LogP contribution in [0, 0.1) is 0 Å². The van der Waals surface area contributed by atoms with Crippen LogP contribution in [0.2, 0.25) is 0 Å². The standard InChI is InChI=1S/C15H21ClN2O3/c1-20-13-4-3-12(9-14(13)21-2)11-17-5-7-18(8-6-17)15(19)10-16/h3-4,9H,5-8,10-11H2,1-2H3/p+1. The summed E-state index contributed by atoms with van der Waals surface area (Å²) in [7, 11) is 3.28. The van der Waals surface area contributed by atoms with Crippen molar-refractivity contribution in [1.29, 1.82) is 0 Å². The maximum atomic E-state index is 11.5. The van der Waals surface area contributed by atoms with Crippen LogP contribution in [0.1, 0.15) is 5.56 Å². The van der Waals surface area contributed by atoms with Gasteiger partial charge in [-0.3, -0.25) is 4.79 Å². The van der Waals surface area contributed by atoms with Gasteiger partial charge in [0.15, 0.2) is 11.5 Å². The fourth-order valence-corrected chi connectivity index (χ4v) is 2.78. The Morgan fingerprint density at radius 1 is 1.24 bits per heavy atom. The van der Waals surface area contributed by atoms with Crippen LogP contribution in [-0.2, 0) is 11.3 Å². The van der Waals surface area contributed by atoms with Gasteiger partial charge in [0, 0.05) is 5.56 Å². The minimum absolute atomic E-state index is 0.0295. The van der Waals surface area contributed by atoms with E-state index in [4.69, 9.17) is 21.1 Å². The number of methoxy groups -OCH3 is 2. The van der Waals surface area contributed by atoms with E-state index in [1.165, 1.54) is 10.5 Å². The van der Waals surface area contributed by atoms with Crippen molar-refractivity contribution in [2.45, 2.75) is 6.54 Å². The molecule has 5 nitrogen and oxygen atoms in total. The summed E-state index contributed by atoms with van der Waals surface area (Å²) in [6, 6.07) is 6.01. The van der Waals surface area contributed by atoms with Crippen molar-refractivity contribution >= 4 is 17.5 Å². The maximum Gasteiger partial charge on any atom is 0.237 e. The summed E-state index contributed by atoms with van der Waals surface area (Å²) >= 11 is 5.59. The van der Waals surface area contributed by atoms with Gasteiger partial charge in [-0.05, 0) is 18.2 Å². The summed E-state index contributed by atoms with van der Waals surface area (Å²) in [5, 5.41) is 0. The lowest BCUT2D eigenvalue weighted by Crippen LogP contribution is -3.13. The van der Waals surface area contributed by atoms with E-state index in [-0.39, 0.29) is 11.8 Å². The van der Waals surface area contributed by atoms with Gasteiger partial charge < -0.3 is 19.3 Å². The molecule has 1 heterocycles. The van der Waals surface area contributed by atoms with E-state index >= 15 is 0 Å². The molecule has 1 amide bonds. The number of benzene rings is 1. The molecule has 0 spiro atoms. The number of nitrogens with zero attached hydrogens (tertiary/aromatic N) is 1. The van der Waals surface area contributed by atoms with Gasteiger partial charge in [-0.2, -0.15) is 0 Å². The quantitative estimate of drug-likeness (QED) is 0.788. The molecule has 1 fully saturated rings. The van der Waals surface area contributed by atoms with Gasteiger partial charge in [-0.15, -0.1) is 11.6 Å². The SMILES string of the molecule is COc1ccc(C[NH+]2CCN(C(=O)CCl)CC2)cc1OC. The second-order valence-electron chi connectivity index (χ2n) is 5.13. The van der Waals surface area contributed by atoms with E-state index in [0.717, 1.165) is 44.2 Å². The van der Waals surface area contributed by atoms with Crippen LogP contribution in [0.15, 0.2) is 18.2 Å². The summed E-state index contributed by atoms with van der Waals surface area (Å²) in [6.07, 6.45) is 0. The van der Waals surface area contributed by atoms with Crippen molar-refractivity contribution in [1.82, 2.24) is 4.90 Å². The van der Waals surface area contributed by atoms with Crippen LogP contribution >= 0.6 is 11.6 Å². The number of amides is 1. The van der Waals surface area contributed by atoms with E-state index in [2.05, 4.69) is 6.07 Å². The van der Waals surface area contributed by atoms with Gasteiger partial charge in [-0.25, -0.2) is 0 Å². The minimum atomic E-state index is 0.0295. The molecule has 0 atom stereocenters. The van der Waals surface area contributed by atoms with Gasteiger partial charge in [0.1, 0.15) is 12.4 Å². The van der Waals surface area contributed by atoms with Crippen LogP contribution in [0.4, 0.5) is 0 Å². The molecule has 21 heavy (non-hydrogen) atoms. The van der Waals surface area contributed by atoms with Crippen LogP contribution in [-0.4, -0.2) is 57.1 Å². The number of hydrogen-bond acceptors (Lipinski definition) is 3.